The van der Waals surface area contributed by atoms with Gasteiger partial charge in [0.25, 0.3) is 0 Å². The van der Waals surface area contributed by atoms with Gasteiger partial charge in [0.15, 0.2) is 0 Å². The first kappa shape index (κ1) is 10.5. The van der Waals surface area contributed by atoms with Gasteiger partial charge in [-0.2, -0.15) is 0 Å². The number of nitrogens with one attached hydrogen (secondary N) is 1. The van der Waals surface area contributed by atoms with Crippen LogP contribution in [-0.2, 0) is 4.79 Å². The standard InChI is InChI=1S/C9H18NO/c1-3-5-7-8(6-4-2)9(10)11/h8,10H,3-7H2,1-2H3. The van der Waals surface area contributed by atoms with E-state index in [9.17, 15) is 4.79 Å². The topological polar surface area (TPSA) is 40.9 Å². The molecule has 2 heteroatoms. The molecule has 0 aromatic rings. The number of carbonyl (C=O) groups is 1. The Bertz CT molecular complexity index is 112. The van der Waals surface area contributed by atoms with Gasteiger partial charge in [-0.25, -0.2) is 0 Å². The van der Waals surface area contributed by atoms with E-state index >= 15 is 0 Å². The molecule has 1 amide bonds. The normalized spacial score (nSPS) is 12.9. The van der Waals surface area contributed by atoms with Crippen LogP contribution in [0.1, 0.15) is 46.0 Å². The molecule has 0 aromatic carbocycles. The molecule has 0 fully saturated rings. The highest BCUT2D eigenvalue weighted by Gasteiger charge is 2.13. The van der Waals surface area contributed by atoms with Crippen molar-refractivity contribution in [3.05, 3.63) is 0 Å². The molecule has 0 rings (SSSR count). The lowest BCUT2D eigenvalue weighted by Crippen LogP contribution is -2.14. The molecule has 0 saturated carbocycles. The molecule has 0 saturated heterocycles. The van der Waals surface area contributed by atoms with Crippen LogP contribution in [0.15, 0.2) is 0 Å². The maximum absolute atomic E-state index is 10.7. The Labute approximate surface area is 69.2 Å². The van der Waals surface area contributed by atoms with Gasteiger partial charge < -0.3 is 0 Å². The Balaban J connectivity index is 3.60. The Kier molecular flexibility index (Phi) is 5.90. The van der Waals surface area contributed by atoms with Crippen LogP contribution in [0.5, 0.6) is 0 Å². The minimum Gasteiger partial charge on any atom is -0.273 e. The van der Waals surface area contributed by atoms with Crippen LogP contribution in [0.25, 0.3) is 0 Å². The number of amides is 1. The molecule has 1 radical (unpaired) electrons. The molecule has 1 unspecified atom stereocenters. The third kappa shape index (κ3) is 4.82. The zero-order chi connectivity index (χ0) is 8.69. The van der Waals surface area contributed by atoms with Gasteiger partial charge in [0.05, 0.1) is 0 Å². The molecule has 1 atom stereocenters. The summed E-state index contributed by atoms with van der Waals surface area (Å²) in [4.78, 5) is 10.7. The van der Waals surface area contributed by atoms with Crippen molar-refractivity contribution in [1.82, 2.24) is 5.73 Å². The van der Waals surface area contributed by atoms with Crippen molar-refractivity contribution in [1.29, 1.82) is 0 Å². The third-order valence-corrected chi connectivity index (χ3v) is 1.91. The van der Waals surface area contributed by atoms with Gasteiger partial charge in [-0.05, 0) is 12.8 Å². The smallest absolute Gasteiger partial charge is 0.241 e. The molecule has 11 heavy (non-hydrogen) atoms. The third-order valence-electron chi connectivity index (χ3n) is 1.91. The number of hydrogen-bond acceptors (Lipinski definition) is 1. The van der Waals surface area contributed by atoms with Crippen LogP contribution in [0.2, 0.25) is 0 Å². The highest BCUT2D eigenvalue weighted by molar-refractivity contribution is 5.75. The molecular formula is C9H18NO. The monoisotopic (exact) mass is 156 g/mol. The van der Waals surface area contributed by atoms with Crippen molar-refractivity contribution < 1.29 is 4.79 Å². The van der Waals surface area contributed by atoms with E-state index in [1.165, 1.54) is 0 Å². The number of unbranched alkanes of at least 4 members (excludes halogenated alkanes) is 1. The average molecular weight is 156 g/mol. The quantitative estimate of drug-likeness (QED) is 0.582. The van der Waals surface area contributed by atoms with Gasteiger partial charge in [-0.3, -0.25) is 10.5 Å². The zero-order valence-corrected chi connectivity index (χ0v) is 7.52. The van der Waals surface area contributed by atoms with E-state index in [0.717, 1.165) is 32.1 Å². The predicted molar refractivity (Wildman–Crippen MR) is 46.0 cm³/mol. The Morgan fingerprint density at radius 2 is 1.91 bits per heavy atom. The van der Waals surface area contributed by atoms with Gasteiger partial charge in [-0.1, -0.05) is 33.1 Å². The van der Waals surface area contributed by atoms with Crippen LogP contribution >= 0.6 is 0 Å². The van der Waals surface area contributed by atoms with E-state index in [2.05, 4.69) is 13.8 Å². The van der Waals surface area contributed by atoms with E-state index in [1.807, 2.05) is 0 Å². The van der Waals surface area contributed by atoms with Gasteiger partial charge in [0.1, 0.15) is 0 Å². The highest BCUT2D eigenvalue weighted by Crippen LogP contribution is 2.14. The molecule has 0 bridgehead atoms. The van der Waals surface area contributed by atoms with E-state index in [0.29, 0.717) is 0 Å². The largest absolute Gasteiger partial charge is 0.273 e. The van der Waals surface area contributed by atoms with Crippen LogP contribution in [0.4, 0.5) is 0 Å². The number of hydrogen-bond donors (Lipinski definition) is 0. The predicted octanol–water partition coefficient (Wildman–Crippen LogP) is 2.40. The van der Waals surface area contributed by atoms with E-state index in [1.54, 1.807) is 0 Å². The van der Waals surface area contributed by atoms with Gasteiger partial charge in [0.2, 0.25) is 5.91 Å². The molecule has 0 aliphatic rings. The lowest BCUT2D eigenvalue weighted by molar-refractivity contribution is -0.122. The SMILES string of the molecule is CCCCC(CCC)C([NH])=O. The fraction of sp³-hybridized carbons (Fsp3) is 0.889. The van der Waals surface area contributed by atoms with Crippen molar-refractivity contribution in [2.24, 2.45) is 5.92 Å². The Hall–Kier alpha value is -0.530. The van der Waals surface area contributed by atoms with Crippen molar-refractivity contribution in [3.63, 3.8) is 0 Å². The summed E-state index contributed by atoms with van der Waals surface area (Å²) >= 11 is 0. The van der Waals surface area contributed by atoms with E-state index in [4.69, 9.17) is 5.73 Å². The number of rotatable bonds is 6. The fourth-order valence-electron chi connectivity index (χ4n) is 1.21. The van der Waals surface area contributed by atoms with Crippen LogP contribution in [0.3, 0.4) is 0 Å². The number of carbonyl (C=O) groups excluding carboxylic acids is 1. The molecule has 1 N–H and O–H groups in total. The maximum atomic E-state index is 10.7. The highest BCUT2D eigenvalue weighted by atomic mass is 16.1. The lowest BCUT2D eigenvalue weighted by atomic mass is 9.97. The molecule has 0 heterocycles. The van der Waals surface area contributed by atoms with Crippen LogP contribution < -0.4 is 5.73 Å². The van der Waals surface area contributed by atoms with E-state index in [-0.39, 0.29) is 11.8 Å². The Morgan fingerprint density at radius 1 is 1.27 bits per heavy atom. The summed E-state index contributed by atoms with van der Waals surface area (Å²) in [6, 6.07) is 0. The summed E-state index contributed by atoms with van der Waals surface area (Å²) in [6.45, 7) is 4.17. The molecule has 0 aliphatic heterocycles. The Morgan fingerprint density at radius 3 is 2.27 bits per heavy atom. The van der Waals surface area contributed by atoms with Crippen LogP contribution in [-0.4, -0.2) is 5.91 Å². The molecule has 0 spiro atoms. The second kappa shape index (κ2) is 6.20. The summed E-state index contributed by atoms with van der Waals surface area (Å²) in [7, 11) is 0. The average Bonchev–Trinajstić information content (AvgIpc) is 1.97. The molecule has 2 nitrogen and oxygen atoms in total. The van der Waals surface area contributed by atoms with Gasteiger partial charge >= 0.3 is 0 Å². The van der Waals surface area contributed by atoms with Crippen molar-refractivity contribution in [3.8, 4) is 0 Å². The minimum atomic E-state index is -0.375. The maximum Gasteiger partial charge on any atom is 0.241 e. The minimum absolute atomic E-state index is 0.0138. The summed E-state index contributed by atoms with van der Waals surface area (Å²) in [5, 5.41) is 0. The summed E-state index contributed by atoms with van der Waals surface area (Å²) in [6.07, 6.45) is 5.01. The van der Waals surface area contributed by atoms with Crippen molar-refractivity contribution in [2.45, 2.75) is 46.0 Å². The molecule has 65 valence electrons. The summed E-state index contributed by atoms with van der Waals surface area (Å²) < 4.78 is 0. The van der Waals surface area contributed by atoms with Gasteiger partial charge in [-0.15, -0.1) is 0 Å². The van der Waals surface area contributed by atoms with Crippen molar-refractivity contribution >= 4 is 5.91 Å². The summed E-state index contributed by atoms with van der Waals surface area (Å²) in [5.74, 6) is -0.361. The van der Waals surface area contributed by atoms with Crippen LogP contribution in [0, 0.1) is 5.92 Å². The first-order chi connectivity index (χ1) is 5.22. The molecular weight excluding hydrogens is 138 g/mol. The second-order valence-electron chi connectivity index (χ2n) is 2.99. The summed E-state index contributed by atoms with van der Waals surface area (Å²) in [5.41, 5.74) is 6.98. The van der Waals surface area contributed by atoms with Crippen molar-refractivity contribution in [2.75, 3.05) is 0 Å². The second-order valence-corrected chi connectivity index (χ2v) is 2.99. The first-order valence-electron chi connectivity index (χ1n) is 4.47. The van der Waals surface area contributed by atoms with E-state index < -0.39 is 0 Å². The zero-order valence-electron chi connectivity index (χ0n) is 7.52. The fourth-order valence-corrected chi connectivity index (χ4v) is 1.21. The van der Waals surface area contributed by atoms with Gasteiger partial charge in [0, 0.05) is 5.92 Å². The molecule has 0 aliphatic carbocycles. The first-order valence-corrected chi connectivity index (χ1v) is 4.47. The lowest BCUT2D eigenvalue weighted by Gasteiger charge is -2.09. The molecule has 0 aromatic heterocycles.